The Hall–Kier alpha value is -1.55. The van der Waals surface area contributed by atoms with Crippen molar-refractivity contribution in [3.63, 3.8) is 0 Å². The minimum atomic E-state index is -0.0420. The molecule has 0 radical (unpaired) electrons. The molecule has 0 aliphatic carbocycles. The SMILES string of the molecule is Cn1cc(-c2cccc(Br)c2)c(=O)c(-c2ccc(Cl)c(Cl)c2)c1. The number of hydrogen-bond acceptors (Lipinski definition) is 1. The summed E-state index contributed by atoms with van der Waals surface area (Å²) in [6.45, 7) is 0. The third-order valence-corrected chi connectivity index (χ3v) is 4.75. The predicted octanol–water partition coefficient (Wildman–Crippen LogP) is 5.79. The van der Waals surface area contributed by atoms with Crippen LogP contribution in [0.3, 0.4) is 0 Å². The average molecular weight is 409 g/mol. The Kier molecular flexibility index (Phi) is 4.62. The van der Waals surface area contributed by atoms with E-state index in [0.29, 0.717) is 21.2 Å². The van der Waals surface area contributed by atoms with Gasteiger partial charge in [-0.15, -0.1) is 0 Å². The minimum Gasteiger partial charge on any atom is -0.356 e. The van der Waals surface area contributed by atoms with E-state index in [1.165, 1.54) is 0 Å². The topological polar surface area (TPSA) is 22.0 Å². The van der Waals surface area contributed by atoms with Gasteiger partial charge in [0.1, 0.15) is 0 Å². The Morgan fingerprint density at radius 3 is 2.17 bits per heavy atom. The number of nitrogens with zero attached hydrogens (tertiary/aromatic N) is 1. The van der Waals surface area contributed by atoms with Crippen LogP contribution in [0.25, 0.3) is 22.3 Å². The lowest BCUT2D eigenvalue weighted by Gasteiger charge is -2.10. The number of benzene rings is 2. The van der Waals surface area contributed by atoms with Gasteiger partial charge in [0.05, 0.1) is 10.0 Å². The van der Waals surface area contributed by atoms with Gasteiger partial charge in [-0.05, 0) is 35.4 Å². The van der Waals surface area contributed by atoms with Crippen LogP contribution < -0.4 is 5.43 Å². The first-order valence-corrected chi connectivity index (χ1v) is 8.42. The van der Waals surface area contributed by atoms with Gasteiger partial charge in [-0.3, -0.25) is 4.79 Å². The normalized spacial score (nSPS) is 10.8. The maximum atomic E-state index is 12.9. The van der Waals surface area contributed by atoms with E-state index >= 15 is 0 Å². The van der Waals surface area contributed by atoms with Crippen molar-refractivity contribution in [1.29, 1.82) is 0 Å². The van der Waals surface area contributed by atoms with Gasteiger partial charge in [-0.2, -0.15) is 0 Å². The summed E-state index contributed by atoms with van der Waals surface area (Å²) in [5.74, 6) is 0. The lowest BCUT2D eigenvalue weighted by atomic mass is 10.0. The first kappa shape index (κ1) is 16.3. The van der Waals surface area contributed by atoms with E-state index in [1.54, 1.807) is 24.4 Å². The van der Waals surface area contributed by atoms with Crippen LogP contribution in [0.15, 0.2) is 64.1 Å². The predicted molar refractivity (Wildman–Crippen MR) is 100 cm³/mol. The Balaban J connectivity index is 2.24. The average Bonchev–Trinajstić information content (AvgIpc) is 2.52. The third-order valence-electron chi connectivity index (χ3n) is 3.52. The van der Waals surface area contributed by atoms with Gasteiger partial charge < -0.3 is 4.57 Å². The molecule has 0 aliphatic rings. The van der Waals surface area contributed by atoms with E-state index in [4.69, 9.17) is 23.2 Å². The van der Waals surface area contributed by atoms with Gasteiger partial charge >= 0.3 is 0 Å². The van der Waals surface area contributed by atoms with E-state index in [-0.39, 0.29) is 5.43 Å². The van der Waals surface area contributed by atoms with Crippen LogP contribution in [-0.4, -0.2) is 4.57 Å². The Labute approximate surface area is 152 Å². The molecule has 0 unspecified atom stereocenters. The van der Waals surface area contributed by atoms with Crippen molar-refractivity contribution < 1.29 is 0 Å². The van der Waals surface area contributed by atoms with Crippen molar-refractivity contribution in [3.8, 4) is 22.3 Å². The van der Waals surface area contributed by atoms with Gasteiger partial charge in [-0.1, -0.05) is 57.3 Å². The highest BCUT2D eigenvalue weighted by molar-refractivity contribution is 9.10. The standard InChI is InChI=1S/C18H12BrCl2NO/c1-22-9-14(11-3-2-4-13(19)7-11)18(23)15(10-22)12-5-6-16(20)17(21)8-12/h2-10H,1H3. The second-order valence-electron chi connectivity index (χ2n) is 5.22. The molecule has 0 atom stereocenters. The Morgan fingerprint density at radius 2 is 1.57 bits per heavy atom. The van der Waals surface area contributed by atoms with E-state index < -0.39 is 0 Å². The number of pyridine rings is 1. The summed E-state index contributed by atoms with van der Waals surface area (Å²) in [5.41, 5.74) is 2.79. The summed E-state index contributed by atoms with van der Waals surface area (Å²) in [7, 11) is 1.89. The van der Waals surface area contributed by atoms with Crippen LogP contribution in [0.1, 0.15) is 0 Å². The second kappa shape index (κ2) is 6.52. The molecule has 3 rings (SSSR count). The molecule has 0 spiro atoms. The fourth-order valence-corrected chi connectivity index (χ4v) is 3.14. The van der Waals surface area contributed by atoms with Crippen molar-refractivity contribution >= 4 is 39.1 Å². The molecule has 2 aromatic carbocycles. The molecule has 0 aliphatic heterocycles. The quantitative estimate of drug-likeness (QED) is 0.526. The second-order valence-corrected chi connectivity index (χ2v) is 6.95. The molecule has 2 nitrogen and oxygen atoms in total. The summed E-state index contributed by atoms with van der Waals surface area (Å²) in [6.07, 6.45) is 3.62. The number of aromatic nitrogens is 1. The summed E-state index contributed by atoms with van der Waals surface area (Å²) < 4.78 is 2.80. The van der Waals surface area contributed by atoms with E-state index in [2.05, 4.69) is 15.9 Å². The summed E-state index contributed by atoms with van der Waals surface area (Å²) in [4.78, 5) is 12.9. The van der Waals surface area contributed by atoms with Gasteiger partial charge in [0, 0.05) is 35.0 Å². The molecule has 1 aromatic heterocycles. The molecule has 116 valence electrons. The molecule has 1 heterocycles. The Morgan fingerprint density at radius 1 is 0.913 bits per heavy atom. The molecule has 0 saturated carbocycles. The number of halogens is 3. The van der Waals surface area contributed by atoms with Gasteiger partial charge in [0.25, 0.3) is 0 Å². The highest BCUT2D eigenvalue weighted by atomic mass is 79.9. The van der Waals surface area contributed by atoms with Crippen LogP contribution >= 0.6 is 39.1 Å². The molecule has 23 heavy (non-hydrogen) atoms. The Bertz CT molecular complexity index is 950. The molecule has 0 N–H and O–H groups in total. The highest BCUT2D eigenvalue weighted by Crippen LogP contribution is 2.28. The number of rotatable bonds is 2. The van der Waals surface area contributed by atoms with Crippen LogP contribution in [0, 0.1) is 0 Å². The van der Waals surface area contributed by atoms with Crippen LogP contribution in [0.2, 0.25) is 10.0 Å². The van der Waals surface area contributed by atoms with Crippen LogP contribution in [0.5, 0.6) is 0 Å². The van der Waals surface area contributed by atoms with Crippen molar-refractivity contribution in [2.24, 2.45) is 7.05 Å². The fraction of sp³-hybridized carbons (Fsp3) is 0.0556. The number of hydrogen-bond donors (Lipinski definition) is 0. The van der Waals surface area contributed by atoms with E-state index in [1.807, 2.05) is 42.1 Å². The number of aryl methyl sites for hydroxylation is 1. The molecular formula is C18H12BrCl2NO. The smallest absolute Gasteiger partial charge is 0.197 e. The van der Waals surface area contributed by atoms with Crippen molar-refractivity contribution in [2.75, 3.05) is 0 Å². The highest BCUT2D eigenvalue weighted by Gasteiger charge is 2.12. The lowest BCUT2D eigenvalue weighted by molar-refractivity contribution is 0.904. The maximum absolute atomic E-state index is 12.9. The molecule has 3 aromatic rings. The van der Waals surface area contributed by atoms with Gasteiger partial charge in [-0.25, -0.2) is 0 Å². The molecular weight excluding hydrogens is 397 g/mol. The van der Waals surface area contributed by atoms with Crippen molar-refractivity contribution in [1.82, 2.24) is 4.57 Å². The minimum absolute atomic E-state index is 0.0420. The monoisotopic (exact) mass is 407 g/mol. The third kappa shape index (κ3) is 3.37. The molecule has 0 bridgehead atoms. The first-order valence-electron chi connectivity index (χ1n) is 6.87. The zero-order valence-electron chi connectivity index (χ0n) is 12.2. The zero-order chi connectivity index (χ0) is 16.6. The molecule has 0 amide bonds. The molecule has 5 heteroatoms. The lowest BCUT2D eigenvalue weighted by Crippen LogP contribution is -2.11. The van der Waals surface area contributed by atoms with E-state index in [0.717, 1.165) is 15.6 Å². The summed E-state index contributed by atoms with van der Waals surface area (Å²) in [6, 6.07) is 12.9. The van der Waals surface area contributed by atoms with Gasteiger partial charge in [0.2, 0.25) is 0 Å². The maximum Gasteiger partial charge on any atom is 0.197 e. The zero-order valence-corrected chi connectivity index (χ0v) is 15.3. The fourth-order valence-electron chi connectivity index (χ4n) is 2.44. The molecule has 0 saturated heterocycles. The first-order chi connectivity index (χ1) is 11.0. The van der Waals surface area contributed by atoms with Crippen molar-refractivity contribution in [3.05, 3.63) is 79.6 Å². The van der Waals surface area contributed by atoms with Crippen LogP contribution in [0.4, 0.5) is 0 Å². The van der Waals surface area contributed by atoms with Crippen molar-refractivity contribution in [2.45, 2.75) is 0 Å². The van der Waals surface area contributed by atoms with Gasteiger partial charge in [0.15, 0.2) is 5.43 Å². The van der Waals surface area contributed by atoms with Crippen LogP contribution in [-0.2, 0) is 7.05 Å². The summed E-state index contributed by atoms with van der Waals surface area (Å²) >= 11 is 15.5. The largest absolute Gasteiger partial charge is 0.356 e. The molecule has 0 fully saturated rings. The summed E-state index contributed by atoms with van der Waals surface area (Å²) in [5, 5.41) is 0.898. The van der Waals surface area contributed by atoms with E-state index in [9.17, 15) is 4.79 Å².